The van der Waals surface area contributed by atoms with Crippen LogP contribution in [-0.2, 0) is 0 Å². The van der Waals surface area contributed by atoms with Gasteiger partial charge < -0.3 is 4.57 Å². The summed E-state index contributed by atoms with van der Waals surface area (Å²) in [6, 6.07) is 10.5. The Morgan fingerprint density at radius 2 is 1.73 bits per heavy atom. The number of rotatable bonds is 2. The van der Waals surface area contributed by atoms with E-state index in [1.165, 1.54) is 0 Å². The van der Waals surface area contributed by atoms with Crippen LogP contribution in [0.4, 0.5) is 0 Å². The van der Waals surface area contributed by atoms with Gasteiger partial charge in [0.15, 0.2) is 0 Å². The lowest BCUT2D eigenvalue weighted by Gasteiger charge is -2.05. The van der Waals surface area contributed by atoms with Crippen LogP contribution >= 0.6 is 0 Å². The third-order valence-corrected chi connectivity index (χ3v) is 2.10. The molecule has 0 atom stereocenters. The van der Waals surface area contributed by atoms with Crippen LogP contribution in [0.25, 0.3) is 5.69 Å². The highest BCUT2D eigenvalue weighted by atomic mass is 16.3. The second-order valence-corrected chi connectivity index (χ2v) is 3.00. The highest BCUT2D eigenvalue weighted by molar-refractivity contribution is 5.98. The minimum Gasteiger partial charge on any atom is -0.323 e. The Labute approximate surface area is 86.1 Å². The number of nitrogens with zero attached hydrogens (tertiary/aromatic N) is 2. The molecule has 1 aromatic heterocycles. The number of carbonyl (C=O) groups is 1. The van der Waals surface area contributed by atoms with Crippen LogP contribution in [-0.4, -0.2) is 10.5 Å². The standard InChI is InChI=1S/C11H8N2O2/c14-11(12-15)9-5-1-2-6-10(9)13-7-3-4-8-13/h1-8H. The van der Waals surface area contributed by atoms with E-state index in [0.29, 0.717) is 11.3 Å². The molecule has 0 bridgehead atoms. The first-order valence-electron chi connectivity index (χ1n) is 4.43. The Balaban J connectivity index is 2.57. The molecule has 2 rings (SSSR count). The molecule has 0 unspecified atom stereocenters. The number of carbonyl (C=O) groups excluding carboxylic acids is 1. The average Bonchev–Trinajstić information content (AvgIpc) is 2.81. The van der Waals surface area contributed by atoms with E-state index in [9.17, 15) is 9.70 Å². The highest BCUT2D eigenvalue weighted by Crippen LogP contribution is 2.15. The third-order valence-electron chi connectivity index (χ3n) is 2.10. The number of nitroso groups, excluding NO2 is 1. The summed E-state index contributed by atoms with van der Waals surface area (Å²) in [6.07, 6.45) is 3.60. The summed E-state index contributed by atoms with van der Waals surface area (Å²) in [5.74, 6) is -0.751. The van der Waals surface area contributed by atoms with Gasteiger partial charge >= 0.3 is 5.91 Å². The van der Waals surface area contributed by atoms with E-state index >= 15 is 0 Å². The van der Waals surface area contributed by atoms with Crippen molar-refractivity contribution in [3.63, 3.8) is 0 Å². The SMILES string of the molecule is O=NC(=O)c1ccccc1-n1cccc1. The van der Waals surface area contributed by atoms with E-state index < -0.39 is 5.91 Å². The molecule has 0 fully saturated rings. The van der Waals surface area contributed by atoms with Crippen LogP contribution in [0.3, 0.4) is 0 Å². The molecule has 0 saturated heterocycles. The van der Waals surface area contributed by atoms with E-state index in [1.807, 2.05) is 12.1 Å². The van der Waals surface area contributed by atoms with E-state index in [2.05, 4.69) is 5.18 Å². The topological polar surface area (TPSA) is 51.4 Å². The largest absolute Gasteiger partial charge is 0.323 e. The number of hydrogen-bond acceptors (Lipinski definition) is 2. The van der Waals surface area contributed by atoms with Crippen molar-refractivity contribution < 1.29 is 4.79 Å². The lowest BCUT2D eigenvalue weighted by atomic mass is 10.1. The number of hydrogen-bond donors (Lipinski definition) is 0. The van der Waals surface area contributed by atoms with Gasteiger partial charge in [0.1, 0.15) is 0 Å². The maximum Gasteiger partial charge on any atom is 0.318 e. The molecule has 1 heterocycles. The fourth-order valence-electron chi connectivity index (χ4n) is 1.42. The van der Waals surface area contributed by atoms with Gasteiger partial charge in [-0.1, -0.05) is 12.1 Å². The molecule has 4 nitrogen and oxygen atoms in total. The summed E-state index contributed by atoms with van der Waals surface area (Å²) >= 11 is 0. The Hall–Kier alpha value is -2.23. The second-order valence-electron chi connectivity index (χ2n) is 3.00. The van der Waals surface area contributed by atoms with Crippen molar-refractivity contribution in [2.75, 3.05) is 0 Å². The molecule has 1 amide bonds. The van der Waals surface area contributed by atoms with Crippen molar-refractivity contribution in [1.82, 2.24) is 4.57 Å². The van der Waals surface area contributed by atoms with Gasteiger partial charge in [-0.3, -0.25) is 4.79 Å². The maximum atomic E-state index is 11.2. The van der Waals surface area contributed by atoms with Crippen molar-refractivity contribution in [3.8, 4) is 5.69 Å². The zero-order chi connectivity index (χ0) is 10.7. The van der Waals surface area contributed by atoms with Crippen molar-refractivity contribution in [1.29, 1.82) is 0 Å². The Bertz CT molecular complexity index is 489. The Morgan fingerprint density at radius 1 is 1.07 bits per heavy atom. The molecule has 0 radical (unpaired) electrons. The van der Waals surface area contributed by atoms with E-state index in [-0.39, 0.29) is 0 Å². The summed E-state index contributed by atoms with van der Waals surface area (Å²) in [7, 11) is 0. The molecule has 0 aliphatic rings. The lowest BCUT2D eigenvalue weighted by molar-refractivity contribution is 0.100. The minimum atomic E-state index is -0.751. The normalized spacial score (nSPS) is 9.87. The van der Waals surface area contributed by atoms with E-state index in [1.54, 1.807) is 41.2 Å². The number of amides is 1. The first-order chi connectivity index (χ1) is 7.33. The van der Waals surface area contributed by atoms with Gasteiger partial charge in [0, 0.05) is 17.6 Å². The number of benzene rings is 1. The molecule has 0 spiro atoms. The van der Waals surface area contributed by atoms with Gasteiger partial charge in [-0.05, 0) is 24.3 Å². The average molecular weight is 200 g/mol. The van der Waals surface area contributed by atoms with Crippen LogP contribution in [0, 0.1) is 4.91 Å². The number of aromatic nitrogens is 1. The molecule has 0 N–H and O–H groups in total. The fraction of sp³-hybridized carbons (Fsp3) is 0. The summed E-state index contributed by atoms with van der Waals surface area (Å²) in [4.78, 5) is 21.5. The van der Waals surface area contributed by atoms with Crippen LogP contribution in [0.1, 0.15) is 10.4 Å². The second kappa shape index (κ2) is 3.88. The molecular weight excluding hydrogens is 192 g/mol. The molecule has 1 aromatic carbocycles. The Kier molecular flexibility index (Phi) is 2.41. The summed E-state index contributed by atoms with van der Waals surface area (Å²) < 4.78 is 1.76. The summed E-state index contributed by atoms with van der Waals surface area (Å²) in [5, 5.41) is 2.43. The molecule has 74 valence electrons. The zero-order valence-corrected chi connectivity index (χ0v) is 7.83. The molecule has 4 heteroatoms. The smallest absolute Gasteiger partial charge is 0.318 e. The molecule has 0 saturated carbocycles. The van der Waals surface area contributed by atoms with Gasteiger partial charge in [0.25, 0.3) is 0 Å². The quantitative estimate of drug-likeness (QED) is 0.699. The van der Waals surface area contributed by atoms with Gasteiger partial charge in [0.2, 0.25) is 0 Å². The van der Waals surface area contributed by atoms with Crippen LogP contribution in [0.2, 0.25) is 0 Å². The van der Waals surface area contributed by atoms with Crippen molar-refractivity contribution in [2.45, 2.75) is 0 Å². The van der Waals surface area contributed by atoms with Crippen LogP contribution < -0.4 is 0 Å². The van der Waals surface area contributed by atoms with Gasteiger partial charge in [-0.15, -0.1) is 4.91 Å². The maximum absolute atomic E-state index is 11.2. The van der Waals surface area contributed by atoms with Gasteiger partial charge in [-0.2, -0.15) is 0 Å². The summed E-state index contributed by atoms with van der Waals surface area (Å²) in [6.45, 7) is 0. The van der Waals surface area contributed by atoms with Crippen molar-refractivity contribution in [2.24, 2.45) is 5.18 Å². The minimum absolute atomic E-state index is 0.309. The van der Waals surface area contributed by atoms with Crippen LogP contribution in [0.5, 0.6) is 0 Å². The molecule has 0 aliphatic heterocycles. The monoisotopic (exact) mass is 200 g/mol. The molecule has 15 heavy (non-hydrogen) atoms. The first kappa shape index (κ1) is 9.33. The van der Waals surface area contributed by atoms with Crippen molar-refractivity contribution >= 4 is 5.91 Å². The predicted octanol–water partition coefficient (Wildman–Crippen LogP) is 2.38. The molecule has 0 aliphatic carbocycles. The highest BCUT2D eigenvalue weighted by Gasteiger charge is 2.11. The van der Waals surface area contributed by atoms with E-state index in [0.717, 1.165) is 0 Å². The zero-order valence-electron chi connectivity index (χ0n) is 7.83. The molecule has 2 aromatic rings. The van der Waals surface area contributed by atoms with E-state index in [4.69, 9.17) is 0 Å². The fourth-order valence-corrected chi connectivity index (χ4v) is 1.42. The predicted molar refractivity (Wildman–Crippen MR) is 55.9 cm³/mol. The molecular formula is C11H8N2O2. The number of para-hydroxylation sites is 1. The van der Waals surface area contributed by atoms with Crippen molar-refractivity contribution in [3.05, 3.63) is 59.3 Å². The third kappa shape index (κ3) is 1.69. The van der Waals surface area contributed by atoms with Gasteiger partial charge in [-0.25, -0.2) is 0 Å². The Morgan fingerprint density at radius 3 is 2.40 bits per heavy atom. The first-order valence-corrected chi connectivity index (χ1v) is 4.43. The van der Waals surface area contributed by atoms with Crippen LogP contribution in [0.15, 0.2) is 54.0 Å². The van der Waals surface area contributed by atoms with Gasteiger partial charge in [0.05, 0.1) is 11.3 Å². The summed E-state index contributed by atoms with van der Waals surface area (Å²) in [5.41, 5.74) is 0.968. The lowest BCUT2D eigenvalue weighted by Crippen LogP contribution is -2.01.